The summed E-state index contributed by atoms with van der Waals surface area (Å²) in [5, 5.41) is 10.2. The third-order valence-electron chi connectivity index (χ3n) is 3.52. The maximum Gasteiger partial charge on any atom is 0.336 e. The monoisotopic (exact) mass is 384 g/mol. The lowest BCUT2D eigenvalue weighted by Crippen LogP contribution is -2.44. The molecule has 0 aliphatic carbocycles. The molecule has 2 amide bonds. The molecule has 1 aliphatic rings. The van der Waals surface area contributed by atoms with Gasteiger partial charge in [0.1, 0.15) is 0 Å². The standard InChI is InChI=1S/C18H12N2O4S2/c21-15(11-6-2-1-3-7-11)19-20-16(22)14(26-18(20)25)10-12-8-4-5-9-13(12)17(23)24/h1-10H,(H,19,21)(H,23,24)/b14-10+. The Kier molecular flexibility index (Phi) is 5.15. The average Bonchev–Trinajstić information content (AvgIpc) is 2.90. The van der Waals surface area contributed by atoms with Gasteiger partial charge in [-0.25, -0.2) is 4.79 Å². The van der Waals surface area contributed by atoms with E-state index in [0.29, 0.717) is 11.1 Å². The molecule has 2 aromatic rings. The Hall–Kier alpha value is -2.97. The number of carboxylic acid groups (broad SMARTS) is 1. The number of hydrazine groups is 1. The molecule has 0 unspecified atom stereocenters. The fraction of sp³-hybridized carbons (Fsp3) is 0. The quantitative estimate of drug-likeness (QED) is 0.623. The van der Waals surface area contributed by atoms with Gasteiger partial charge in [0.25, 0.3) is 11.8 Å². The second-order valence-corrected chi connectivity index (χ2v) is 6.89. The molecule has 2 aromatic carbocycles. The number of rotatable bonds is 4. The van der Waals surface area contributed by atoms with E-state index in [9.17, 15) is 19.5 Å². The number of carboxylic acids is 1. The number of benzene rings is 2. The summed E-state index contributed by atoms with van der Waals surface area (Å²) >= 11 is 6.16. The van der Waals surface area contributed by atoms with Gasteiger partial charge >= 0.3 is 5.97 Å². The van der Waals surface area contributed by atoms with Crippen molar-refractivity contribution >= 4 is 52.2 Å². The number of nitrogens with one attached hydrogen (secondary N) is 1. The van der Waals surface area contributed by atoms with Crippen LogP contribution < -0.4 is 5.43 Å². The van der Waals surface area contributed by atoms with E-state index in [4.69, 9.17) is 12.2 Å². The van der Waals surface area contributed by atoms with Crippen LogP contribution >= 0.6 is 24.0 Å². The van der Waals surface area contributed by atoms with Crippen LogP contribution in [0.4, 0.5) is 0 Å². The lowest BCUT2D eigenvalue weighted by Gasteiger charge is -2.15. The lowest BCUT2D eigenvalue weighted by atomic mass is 10.1. The molecular formula is C18H12N2O4S2. The molecule has 0 bridgehead atoms. The van der Waals surface area contributed by atoms with Crippen molar-refractivity contribution in [3.05, 3.63) is 76.2 Å². The molecule has 0 aromatic heterocycles. The number of carbonyl (C=O) groups is 3. The van der Waals surface area contributed by atoms with Gasteiger partial charge in [0.05, 0.1) is 10.5 Å². The molecule has 0 saturated carbocycles. The van der Waals surface area contributed by atoms with Crippen molar-refractivity contribution in [2.24, 2.45) is 0 Å². The highest BCUT2D eigenvalue weighted by atomic mass is 32.2. The van der Waals surface area contributed by atoms with Crippen molar-refractivity contribution in [3.63, 3.8) is 0 Å². The van der Waals surface area contributed by atoms with Crippen molar-refractivity contribution in [2.75, 3.05) is 0 Å². The molecule has 1 saturated heterocycles. The molecule has 8 heteroatoms. The first-order valence-corrected chi connectivity index (χ1v) is 8.66. The SMILES string of the molecule is O=C(NN1C(=O)/C(=C\c2ccccc2C(=O)O)SC1=S)c1ccccc1. The number of carbonyl (C=O) groups excluding carboxylic acids is 2. The number of amides is 2. The lowest BCUT2D eigenvalue weighted by molar-refractivity contribution is -0.123. The summed E-state index contributed by atoms with van der Waals surface area (Å²) in [5.41, 5.74) is 3.32. The zero-order chi connectivity index (χ0) is 18.7. The van der Waals surface area contributed by atoms with Gasteiger partial charge in [0.15, 0.2) is 4.32 Å². The smallest absolute Gasteiger partial charge is 0.336 e. The predicted octanol–water partition coefficient (Wildman–Crippen LogP) is 2.93. The Balaban J connectivity index is 1.83. The van der Waals surface area contributed by atoms with E-state index in [2.05, 4.69) is 5.43 Å². The van der Waals surface area contributed by atoms with Crippen LogP contribution in [0.2, 0.25) is 0 Å². The molecule has 26 heavy (non-hydrogen) atoms. The Morgan fingerprint density at radius 2 is 1.73 bits per heavy atom. The molecular weight excluding hydrogens is 372 g/mol. The molecule has 3 rings (SSSR count). The van der Waals surface area contributed by atoms with Crippen LogP contribution in [0.1, 0.15) is 26.3 Å². The van der Waals surface area contributed by atoms with E-state index in [1.54, 1.807) is 48.5 Å². The van der Waals surface area contributed by atoms with Crippen LogP contribution in [0.3, 0.4) is 0 Å². The zero-order valence-electron chi connectivity index (χ0n) is 13.2. The van der Waals surface area contributed by atoms with Crippen LogP contribution in [0.25, 0.3) is 6.08 Å². The van der Waals surface area contributed by atoms with Gasteiger partial charge in [-0.1, -0.05) is 48.2 Å². The van der Waals surface area contributed by atoms with E-state index >= 15 is 0 Å². The molecule has 1 aliphatic heterocycles. The van der Waals surface area contributed by atoms with Gasteiger partial charge in [-0.3, -0.25) is 15.0 Å². The summed E-state index contributed by atoms with van der Waals surface area (Å²) in [6.45, 7) is 0. The number of thioether (sulfide) groups is 1. The van der Waals surface area contributed by atoms with E-state index in [-0.39, 0.29) is 14.8 Å². The predicted molar refractivity (Wildman–Crippen MR) is 102 cm³/mol. The van der Waals surface area contributed by atoms with Crippen LogP contribution in [-0.4, -0.2) is 32.2 Å². The van der Waals surface area contributed by atoms with E-state index in [1.807, 2.05) is 0 Å². The minimum Gasteiger partial charge on any atom is -0.478 e. The first-order valence-electron chi connectivity index (χ1n) is 7.43. The number of aromatic carboxylic acids is 1. The van der Waals surface area contributed by atoms with Gasteiger partial charge in [-0.2, -0.15) is 5.01 Å². The summed E-state index contributed by atoms with van der Waals surface area (Å²) in [7, 11) is 0. The van der Waals surface area contributed by atoms with Crippen molar-refractivity contribution < 1.29 is 19.5 Å². The molecule has 130 valence electrons. The molecule has 0 spiro atoms. The van der Waals surface area contributed by atoms with Crippen LogP contribution in [0.15, 0.2) is 59.5 Å². The molecule has 1 heterocycles. The Bertz CT molecular complexity index is 941. The van der Waals surface area contributed by atoms with Gasteiger partial charge in [-0.05, 0) is 42.1 Å². The second-order valence-electron chi connectivity index (χ2n) is 5.22. The fourth-order valence-electron chi connectivity index (χ4n) is 2.28. The normalized spacial score (nSPS) is 15.4. The van der Waals surface area contributed by atoms with Gasteiger partial charge in [0.2, 0.25) is 0 Å². The maximum atomic E-state index is 12.6. The first-order chi connectivity index (χ1) is 12.5. The van der Waals surface area contributed by atoms with Crippen LogP contribution in [0, 0.1) is 0 Å². The molecule has 2 N–H and O–H groups in total. The van der Waals surface area contributed by atoms with Gasteiger partial charge in [0, 0.05) is 5.56 Å². The van der Waals surface area contributed by atoms with E-state index in [0.717, 1.165) is 16.8 Å². The summed E-state index contributed by atoms with van der Waals surface area (Å²) in [5.74, 6) is -2.07. The highest BCUT2D eigenvalue weighted by Gasteiger charge is 2.34. The summed E-state index contributed by atoms with van der Waals surface area (Å²) in [6.07, 6.45) is 1.46. The molecule has 6 nitrogen and oxygen atoms in total. The minimum absolute atomic E-state index is 0.0751. The highest BCUT2D eigenvalue weighted by molar-refractivity contribution is 8.26. The van der Waals surface area contributed by atoms with Crippen LogP contribution in [-0.2, 0) is 4.79 Å². The largest absolute Gasteiger partial charge is 0.478 e. The number of nitrogens with zero attached hydrogens (tertiary/aromatic N) is 1. The summed E-state index contributed by atoms with van der Waals surface area (Å²) in [4.78, 5) is 36.3. The Morgan fingerprint density at radius 3 is 2.42 bits per heavy atom. The third kappa shape index (κ3) is 3.66. The molecule has 1 fully saturated rings. The maximum absolute atomic E-state index is 12.6. The topological polar surface area (TPSA) is 86.7 Å². The second kappa shape index (κ2) is 7.51. The van der Waals surface area contributed by atoms with Crippen molar-refractivity contribution in [2.45, 2.75) is 0 Å². The van der Waals surface area contributed by atoms with Crippen molar-refractivity contribution in [3.8, 4) is 0 Å². The fourth-order valence-corrected chi connectivity index (χ4v) is 3.45. The Labute approximate surface area is 158 Å². The minimum atomic E-state index is -1.09. The summed E-state index contributed by atoms with van der Waals surface area (Å²) in [6, 6.07) is 14.8. The molecule has 0 atom stereocenters. The van der Waals surface area contributed by atoms with Gasteiger partial charge < -0.3 is 5.11 Å². The highest BCUT2D eigenvalue weighted by Crippen LogP contribution is 2.32. The average molecular weight is 384 g/mol. The van der Waals surface area contributed by atoms with E-state index in [1.165, 1.54) is 12.1 Å². The Morgan fingerprint density at radius 1 is 1.08 bits per heavy atom. The van der Waals surface area contributed by atoms with Crippen molar-refractivity contribution in [1.82, 2.24) is 10.4 Å². The first kappa shape index (κ1) is 17.8. The summed E-state index contributed by atoms with van der Waals surface area (Å²) < 4.78 is 0.165. The van der Waals surface area contributed by atoms with Crippen LogP contribution in [0.5, 0.6) is 0 Å². The zero-order valence-corrected chi connectivity index (χ0v) is 14.8. The number of thiocarbonyl (C=S) groups is 1. The van der Waals surface area contributed by atoms with Crippen molar-refractivity contribution in [1.29, 1.82) is 0 Å². The molecule has 0 radical (unpaired) electrons. The third-order valence-corrected chi connectivity index (χ3v) is 4.82. The van der Waals surface area contributed by atoms with Gasteiger partial charge in [-0.15, -0.1) is 0 Å². The number of hydrogen-bond acceptors (Lipinski definition) is 5. The van der Waals surface area contributed by atoms with E-state index < -0.39 is 17.8 Å². The number of hydrogen-bond donors (Lipinski definition) is 2.